The van der Waals surface area contributed by atoms with E-state index in [-0.39, 0.29) is 49.4 Å². The molecular weight excluding hydrogens is 616 g/mol. The summed E-state index contributed by atoms with van der Waals surface area (Å²) in [6.07, 6.45) is 5.01. The quantitative estimate of drug-likeness (QED) is 0.345. The fourth-order valence-corrected chi connectivity index (χ4v) is 6.06. The van der Waals surface area contributed by atoms with Crippen molar-refractivity contribution >= 4 is 23.6 Å². The van der Waals surface area contributed by atoms with Crippen molar-refractivity contribution in [3.63, 3.8) is 0 Å². The number of hydrogen-bond acceptors (Lipinski definition) is 9. The number of fused-ring (bicyclic) bond motifs is 5. The third-order valence-electron chi connectivity index (χ3n) is 8.89. The first-order chi connectivity index (χ1) is 22.9. The molecule has 1 saturated carbocycles. The van der Waals surface area contributed by atoms with Crippen LogP contribution in [-0.2, 0) is 27.3 Å². The van der Waals surface area contributed by atoms with Gasteiger partial charge in [-0.05, 0) is 69.2 Å². The number of methoxy groups -OCH3 is 2. The number of aryl methyl sites for hydroxylation is 2. The highest BCUT2D eigenvalue weighted by Crippen LogP contribution is 2.40. The summed E-state index contributed by atoms with van der Waals surface area (Å²) in [4.78, 5) is 60.3. The number of hydrogen-bond donors (Lipinski definition) is 3. The number of pyridine rings is 1. The van der Waals surface area contributed by atoms with Crippen LogP contribution < -0.4 is 25.4 Å². The van der Waals surface area contributed by atoms with Crippen molar-refractivity contribution in [2.24, 2.45) is 5.92 Å². The van der Waals surface area contributed by atoms with Crippen LogP contribution in [0.2, 0.25) is 0 Å². The van der Waals surface area contributed by atoms with E-state index in [9.17, 15) is 19.2 Å². The third kappa shape index (κ3) is 7.61. The van der Waals surface area contributed by atoms with E-state index >= 15 is 0 Å². The third-order valence-corrected chi connectivity index (χ3v) is 8.89. The molecule has 1 aliphatic carbocycles. The molecular formula is C35H44N6O7. The number of benzene rings is 1. The smallest absolute Gasteiger partial charge is 0.253 e. The molecule has 1 aliphatic heterocycles. The van der Waals surface area contributed by atoms with Crippen molar-refractivity contribution in [3.8, 4) is 22.6 Å². The molecule has 2 aliphatic rings. The van der Waals surface area contributed by atoms with E-state index in [1.54, 1.807) is 17.2 Å². The average Bonchev–Trinajstić information content (AvgIpc) is 3.78. The Kier molecular flexibility index (Phi) is 10.4. The first kappa shape index (κ1) is 34.4. The molecule has 1 spiro atoms. The van der Waals surface area contributed by atoms with Crippen LogP contribution in [0.15, 0.2) is 35.1 Å². The highest BCUT2D eigenvalue weighted by molar-refractivity contribution is 6.02. The van der Waals surface area contributed by atoms with Gasteiger partial charge in [-0.3, -0.25) is 24.2 Å². The van der Waals surface area contributed by atoms with Crippen molar-refractivity contribution in [2.75, 3.05) is 27.3 Å². The van der Waals surface area contributed by atoms with Crippen LogP contribution in [0, 0.1) is 19.8 Å². The standard InChI is InChI=1S/C35H44N6O7/c1-20(2)13-28-33(44)37-11-12-41(30(42)8-7-26-21(3)40-48-22(26)4)19-23-14-27(31(47-6)29(15-23)46-5)24-16-25(18-36-17-24)32(43)39-35(9-10-35)34(45)38-28/h14-18,20,28H,7-13,19H2,1-6H3,(H,37,44)(H,38,45)(H,39,43)/t28-/m1/s1. The zero-order chi connectivity index (χ0) is 34.6. The molecule has 3 aromatic rings. The van der Waals surface area contributed by atoms with Gasteiger partial charge in [0.25, 0.3) is 5.91 Å². The Balaban J connectivity index is 1.53. The zero-order valence-corrected chi connectivity index (χ0v) is 28.4. The van der Waals surface area contributed by atoms with Gasteiger partial charge in [0.15, 0.2) is 11.5 Å². The Morgan fingerprint density at radius 2 is 1.83 bits per heavy atom. The molecule has 4 amide bonds. The van der Waals surface area contributed by atoms with Gasteiger partial charge in [0.05, 0.1) is 25.5 Å². The minimum absolute atomic E-state index is 0.110. The molecule has 0 unspecified atom stereocenters. The zero-order valence-electron chi connectivity index (χ0n) is 28.4. The molecule has 3 N–H and O–H groups in total. The number of nitrogens with zero attached hydrogens (tertiary/aromatic N) is 3. The number of amides is 4. The molecule has 3 heterocycles. The summed E-state index contributed by atoms with van der Waals surface area (Å²) in [5, 5.41) is 12.7. The predicted octanol–water partition coefficient (Wildman–Crippen LogP) is 3.26. The molecule has 0 saturated heterocycles. The van der Waals surface area contributed by atoms with Gasteiger partial charge in [0.1, 0.15) is 17.3 Å². The summed E-state index contributed by atoms with van der Waals surface area (Å²) in [6, 6.07) is 4.56. The van der Waals surface area contributed by atoms with Crippen molar-refractivity contribution < 1.29 is 33.2 Å². The van der Waals surface area contributed by atoms with Gasteiger partial charge in [0.2, 0.25) is 17.7 Å². The van der Waals surface area contributed by atoms with Crippen molar-refractivity contribution in [3.05, 3.63) is 58.7 Å². The fourth-order valence-electron chi connectivity index (χ4n) is 6.06. The van der Waals surface area contributed by atoms with E-state index in [0.717, 1.165) is 16.8 Å². The minimum Gasteiger partial charge on any atom is -0.493 e. The summed E-state index contributed by atoms with van der Waals surface area (Å²) in [5.74, 6) is 0.319. The number of ether oxygens (including phenoxy) is 2. The average molecular weight is 661 g/mol. The van der Waals surface area contributed by atoms with Crippen LogP contribution in [0.25, 0.3) is 11.1 Å². The Morgan fingerprint density at radius 1 is 1.08 bits per heavy atom. The number of carbonyl (C=O) groups excluding carboxylic acids is 4. The molecule has 1 atom stereocenters. The van der Waals surface area contributed by atoms with Crippen LogP contribution in [0.3, 0.4) is 0 Å². The van der Waals surface area contributed by atoms with Gasteiger partial charge in [-0.2, -0.15) is 0 Å². The lowest BCUT2D eigenvalue weighted by molar-refractivity contribution is -0.132. The number of rotatable bonds is 7. The maximum atomic E-state index is 13.8. The van der Waals surface area contributed by atoms with Gasteiger partial charge in [0, 0.05) is 55.1 Å². The maximum Gasteiger partial charge on any atom is 0.253 e. The van der Waals surface area contributed by atoms with Crippen LogP contribution in [-0.4, -0.2) is 77.6 Å². The van der Waals surface area contributed by atoms with Gasteiger partial charge in [-0.25, -0.2) is 0 Å². The molecule has 48 heavy (non-hydrogen) atoms. The molecule has 13 heteroatoms. The normalized spacial score (nSPS) is 18.0. The van der Waals surface area contributed by atoms with Crippen molar-refractivity contribution in [2.45, 2.75) is 77.9 Å². The molecule has 13 nitrogen and oxygen atoms in total. The van der Waals surface area contributed by atoms with Crippen molar-refractivity contribution in [1.82, 2.24) is 31.0 Å². The molecule has 4 bridgehead atoms. The molecule has 1 fully saturated rings. The second kappa shape index (κ2) is 14.4. The lowest BCUT2D eigenvalue weighted by Gasteiger charge is -2.27. The Bertz CT molecular complexity index is 1680. The Hall–Kier alpha value is -4.94. The summed E-state index contributed by atoms with van der Waals surface area (Å²) < 4.78 is 16.7. The largest absolute Gasteiger partial charge is 0.493 e. The van der Waals surface area contributed by atoms with Crippen LogP contribution in [0.1, 0.15) is 72.5 Å². The van der Waals surface area contributed by atoms with E-state index < -0.39 is 23.4 Å². The monoisotopic (exact) mass is 660 g/mol. The highest BCUT2D eigenvalue weighted by Gasteiger charge is 2.52. The first-order valence-electron chi connectivity index (χ1n) is 16.3. The maximum absolute atomic E-state index is 13.8. The van der Waals surface area contributed by atoms with E-state index in [4.69, 9.17) is 14.0 Å². The van der Waals surface area contributed by atoms with Crippen LogP contribution >= 0.6 is 0 Å². The summed E-state index contributed by atoms with van der Waals surface area (Å²) in [7, 11) is 3.06. The number of nitrogens with one attached hydrogen (secondary N) is 3. The second-order valence-electron chi connectivity index (χ2n) is 12.9. The Labute approximate surface area is 280 Å². The van der Waals surface area contributed by atoms with Gasteiger partial charge in [-0.1, -0.05) is 19.0 Å². The lowest BCUT2D eigenvalue weighted by Crippen LogP contribution is -2.56. The van der Waals surface area contributed by atoms with Gasteiger partial charge < -0.3 is 34.8 Å². The Morgan fingerprint density at radius 3 is 2.48 bits per heavy atom. The summed E-state index contributed by atoms with van der Waals surface area (Å²) in [6.45, 7) is 8.18. The number of carbonyl (C=O) groups is 4. The topological polar surface area (TPSA) is 165 Å². The highest BCUT2D eigenvalue weighted by atomic mass is 16.5. The summed E-state index contributed by atoms with van der Waals surface area (Å²) in [5.41, 5.74) is 2.73. The number of aromatic nitrogens is 2. The fraction of sp³-hybridized carbons (Fsp3) is 0.486. The molecule has 0 radical (unpaired) electrons. The molecule has 1 aromatic carbocycles. The molecule has 5 rings (SSSR count). The predicted molar refractivity (Wildman–Crippen MR) is 176 cm³/mol. The lowest BCUT2D eigenvalue weighted by atomic mass is 10.00. The SMILES string of the molecule is COc1cc2cc(c1OC)-c1cncc(c1)C(=O)NC1(CC1)C(=O)N[C@H](CC(C)C)C(=O)NCCN(C(=O)CCc1c(C)noc1C)C2. The second-order valence-corrected chi connectivity index (χ2v) is 12.9. The summed E-state index contributed by atoms with van der Waals surface area (Å²) >= 11 is 0. The molecule has 2 aromatic heterocycles. The molecule has 256 valence electrons. The van der Waals surface area contributed by atoms with E-state index in [1.165, 1.54) is 20.4 Å². The van der Waals surface area contributed by atoms with E-state index in [1.807, 2.05) is 39.8 Å². The first-order valence-corrected chi connectivity index (χ1v) is 16.3. The van der Waals surface area contributed by atoms with Crippen molar-refractivity contribution in [1.29, 1.82) is 0 Å². The van der Waals surface area contributed by atoms with Gasteiger partial charge >= 0.3 is 0 Å². The van der Waals surface area contributed by atoms with Gasteiger partial charge in [-0.15, -0.1) is 0 Å². The van der Waals surface area contributed by atoms with E-state index in [2.05, 4.69) is 26.1 Å². The minimum atomic E-state index is -1.11. The van der Waals surface area contributed by atoms with Crippen LogP contribution in [0.4, 0.5) is 0 Å². The van der Waals surface area contributed by atoms with Crippen LogP contribution in [0.5, 0.6) is 11.5 Å². The van der Waals surface area contributed by atoms with E-state index in [0.29, 0.717) is 54.1 Å².